The van der Waals surface area contributed by atoms with Gasteiger partial charge in [-0.3, -0.25) is 14.5 Å². The van der Waals surface area contributed by atoms with Crippen LogP contribution in [-0.2, 0) is 19.6 Å². The van der Waals surface area contributed by atoms with E-state index in [4.69, 9.17) is 4.74 Å². The quantitative estimate of drug-likeness (QED) is 0.482. The minimum absolute atomic E-state index is 0.0201. The molecule has 1 aliphatic rings. The van der Waals surface area contributed by atoms with Gasteiger partial charge in [-0.15, -0.1) is 5.10 Å². The number of ketones is 1. The number of carbonyl (C=O) groups excluding carboxylic acids is 1. The lowest BCUT2D eigenvalue weighted by Crippen LogP contribution is -2.26. The lowest BCUT2D eigenvalue weighted by Gasteiger charge is -2.14. The molecule has 0 saturated heterocycles. The average molecular weight is 444 g/mol. The van der Waals surface area contributed by atoms with E-state index in [1.54, 1.807) is 27.0 Å². The molecule has 3 aromatic heterocycles. The monoisotopic (exact) mass is 444 g/mol. The van der Waals surface area contributed by atoms with Gasteiger partial charge in [0.2, 0.25) is 5.88 Å². The standard InChI is InChI=1S/C21H25FN6O4/c1-4-27-17(10-29)26-28(21(27)31)19-15(22)8-14(20(24-19)32-11(2)3)16(30)7-13-9-23-25-18(13)12-5-6-12/h8-9,11-12,29H,4-7,10H2,1-3H3,(H,23,25). The van der Waals surface area contributed by atoms with Gasteiger partial charge in [0.05, 0.1) is 17.9 Å². The molecule has 1 aliphatic carbocycles. The first kappa shape index (κ1) is 21.9. The number of aliphatic hydroxyl groups excluding tert-OH is 1. The zero-order chi connectivity index (χ0) is 23.0. The Hall–Kier alpha value is -3.34. The van der Waals surface area contributed by atoms with Crippen molar-refractivity contribution in [2.45, 2.75) is 65.2 Å². The maximum absolute atomic E-state index is 15.1. The van der Waals surface area contributed by atoms with Crippen molar-refractivity contribution in [2.75, 3.05) is 0 Å². The third kappa shape index (κ3) is 4.07. The number of carbonyl (C=O) groups is 1. The van der Waals surface area contributed by atoms with Gasteiger partial charge in [-0.05, 0) is 39.7 Å². The Labute approximate surface area is 183 Å². The highest BCUT2D eigenvalue weighted by Crippen LogP contribution is 2.40. The van der Waals surface area contributed by atoms with Crippen LogP contribution in [-0.4, -0.2) is 46.5 Å². The van der Waals surface area contributed by atoms with Crippen LogP contribution in [0.2, 0.25) is 0 Å². The molecular weight excluding hydrogens is 419 g/mol. The van der Waals surface area contributed by atoms with Gasteiger partial charge in [0.1, 0.15) is 6.61 Å². The number of nitrogens with zero attached hydrogens (tertiary/aromatic N) is 5. The molecule has 0 radical (unpaired) electrons. The highest BCUT2D eigenvalue weighted by atomic mass is 19.1. The topological polar surface area (TPSA) is 128 Å². The summed E-state index contributed by atoms with van der Waals surface area (Å²) in [4.78, 5) is 29.9. The lowest BCUT2D eigenvalue weighted by molar-refractivity contribution is 0.0985. The minimum Gasteiger partial charge on any atom is -0.474 e. The summed E-state index contributed by atoms with van der Waals surface area (Å²) in [5.41, 5.74) is 1.03. The second-order valence-corrected chi connectivity index (χ2v) is 8.01. The number of H-pyrrole nitrogens is 1. The van der Waals surface area contributed by atoms with Crippen molar-refractivity contribution in [1.82, 2.24) is 29.5 Å². The summed E-state index contributed by atoms with van der Waals surface area (Å²) in [6.45, 7) is 4.97. The van der Waals surface area contributed by atoms with E-state index in [0.717, 1.165) is 34.8 Å². The summed E-state index contributed by atoms with van der Waals surface area (Å²) in [7, 11) is 0. The van der Waals surface area contributed by atoms with E-state index >= 15 is 4.39 Å². The molecule has 0 aromatic carbocycles. The van der Waals surface area contributed by atoms with Gasteiger partial charge in [0.15, 0.2) is 23.2 Å². The molecule has 3 aromatic rings. The summed E-state index contributed by atoms with van der Waals surface area (Å²) in [6, 6.07) is 1.02. The molecule has 2 N–H and O–H groups in total. The summed E-state index contributed by atoms with van der Waals surface area (Å²) in [6.07, 6.45) is 3.38. The van der Waals surface area contributed by atoms with E-state index in [0.29, 0.717) is 5.92 Å². The summed E-state index contributed by atoms with van der Waals surface area (Å²) in [5.74, 6) is -1.29. The molecule has 0 unspecified atom stereocenters. The number of aromatic amines is 1. The maximum Gasteiger partial charge on any atom is 0.352 e. The van der Waals surface area contributed by atoms with E-state index in [-0.39, 0.29) is 42.1 Å². The minimum atomic E-state index is -0.897. The van der Waals surface area contributed by atoms with Crippen molar-refractivity contribution < 1.29 is 19.0 Å². The highest BCUT2D eigenvalue weighted by molar-refractivity contribution is 5.99. The molecule has 4 rings (SSSR count). The fourth-order valence-corrected chi connectivity index (χ4v) is 3.59. The van der Waals surface area contributed by atoms with Crippen molar-refractivity contribution in [1.29, 1.82) is 0 Å². The Morgan fingerprint density at radius 3 is 2.75 bits per heavy atom. The molecule has 1 fully saturated rings. The van der Waals surface area contributed by atoms with E-state index in [9.17, 15) is 14.7 Å². The van der Waals surface area contributed by atoms with Crippen LogP contribution in [0.5, 0.6) is 5.88 Å². The second kappa shape index (κ2) is 8.65. The van der Waals surface area contributed by atoms with Crippen LogP contribution in [0.3, 0.4) is 0 Å². The smallest absolute Gasteiger partial charge is 0.352 e. The molecule has 0 atom stereocenters. The van der Waals surface area contributed by atoms with Gasteiger partial charge >= 0.3 is 5.69 Å². The number of aliphatic hydroxyl groups is 1. The number of hydrogen-bond donors (Lipinski definition) is 2. The van der Waals surface area contributed by atoms with E-state index < -0.39 is 23.9 Å². The van der Waals surface area contributed by atoms with E-state index in [1.807, 2.05) is 0 Å². The zero-order valence-corrected chi connectivity index (χ0v) is 18.1. The molecule has 0 aliphatic heterocycles. The Balaban J connectivity index is 1.75. The number of pyridine rings is 1. The molecule has 0 spiro atoms. The molecule has 170 valence electrons. The number of rotatable bonds is 9. The molecule has 10 nitrogen and oxygen atoms in total. The van der Waals surface area contributed by atoms with Crippen molar-refractivity contribution >= 4 is 5.78 Å². The van der Waals surface area contributed by atoms with E-state index in [1.165, 1.54) is 4.57 Å². The average Bonchev–Trinajstić information content (AvgIpc) is 3.41. The number of halogens is 1. The van der Waals surface area contributed by atoms with Gasteiger partial charge in [0.25, 0.3) is 0 Å². The van der Waals surface area contributed by atoms with Crippen molar-refractivity contribution in [3.05, 3.63) is 51.2 Å². The van der Waals surface area contributed by atoms with Crippen LogP contribution in [0, 0.1) is 5.82 Å². The Morgan fingerprint density at radius 1 is 1.41 bits per heavy atom. The Kier molecular flexibility index (Phi) is 5.92. The molecule has 11 heteroatoms. The second-order valence-electron chi connectivity index (χ2n) is 8.01. The molecule has 1 saturated carbocycles. The van der Waals surface area contributed by atoms with Crippen LogP contribution in [0.15, 0.2) is 17.1 Å². The third-order valence-corrected chi connectivity index (χ3v) is 5.26. The number of hydrogen-bond acceptors (Lipinski definition) is 7. The zero-order valence-electron chi connectivity index (χ0n) is 18.1. The van der Waals surface area contributed by atoms with Crippen molar-refractivity contribution in [2.24, 2.45) is 0 Å². The molecule has 0 amide bonds. The van der Waals surface area contributed by atoms with Gasteiger partial charge in [-0.25, -0.2) is 9.18 Å². The van der Waals surface area contributed by atoms with Gasteiger partial charge < -0.3 is 9.84 Å². The first-order chi connectivity index (χ1) is 15.3. The lowest BCUT2D eigenvalue weighted by atomic mass is 10.0. The van der Waals surface area contributed by atoms with Gasteiger partial charge in [0, 0.05) is 30.1 Å². The summed E-state index contributed by atoms with van der Waals surface area (Å²) >= 11 is 0. The summed E-state index contributed by atoms with van der Waals surface area (Å²) in [5, 5.41) is 20.4. The van der Waals surface area contributed by atoms with Crippen LogP contribution in [0.1, 0.15) is 67.0 Å². The Bertz CT molecular complexity index is 1210. The van der Waals surface area contributed by atoms with E-state index in [2.05, 4.69) is 20.3 Å². The van der Waals surface area contributed by atoms with Crippen LogP contribution >= 0.6 is 0 Å². The van der Waals surface area contributed by atoms with Crippen LogP contribution in [0.4, 0.5) is 4.39 Å². The normalized spacial score (nSPS) is 13.7. The Morgan fingerprint density at radius 2 is 2.16 bits per heavy atom. The fourth-order valence-electron chi connectivity index (χ4n) is 3.59. The largest absolute Gasteiger partial charge is 0.474 e. The predicted molar refractivity (Wildman–Crippen MR) is 112 cm³/mol. The van der Waals surface area contributed by atoms with Gasteiger partial charge in [-0.1, -0.05) is 0 Å². The number of nitrogens with one attached hydrogen (secondary N) is 1. The van der Waals surface area contributed by atoms with Gasteiger partial charge in [-0.2, -0.15) is 14.8 Å². The first-order valence-corrected chi connectivity index (χ1v) is 10.6. The van der Waals surface area contributed by atoms with Crippen molar-refractivity contribution in [3.8, 4) is 11.7 Å². The third-order valence-electron chi connectivity index (χ3n) is 5.26. The number of aromatic nitrogens is 6. The first-order valence-electron chi connectivity index (χ1n) is 10.6. The molecular formula is C21H25FN6O4. The number of Topliss-reactive ketones (excluding diaryl/α,β-unsaturated/α-hetero) is 1. The number of ether oxygens (including phenoxy) is 1. The highest BCUT2D eigenvalue weighted by Gasteiger charge is 2.29. The molecule has 0 bridgehead atoms. The molecule has 3 heterocycles. The van der Waals surface area contributed by atoms with Crippen LogP contribution in [0.25, 0.3) is 5.82 Å². The fraction of sp³-hybridized carbons (Fsp3) is 0.476. The SMILES string of the molecule is CCn1c(CO)nn(-c2nc(OC(C)C)c(C(=O)Cc3cn[nH]c3C3CC3)cc2F)c1=O. The van der Waals surface area contributed by atoms with Crippen LogP contribution < -0.4 is 10.4 Å². The van der Waals surface area contributed by atoms with Crippen molar-refractivity contribution in [3.63, 3.8) is 0 Å². The summed E-state index contributed by atoms with van der Waals surface area (Å²) < 4.78 is 22.8. The predicted octanol–water partition coefficient (Wildman–Crippen LogP) is 1.89. The molecule has 32 heavy (non-hydrogen) atoms. The maximum atomic E-state index is 15.1.